The highest BCUT2D eigenvalue weighted by molar-refractivity contribution is 9.09. The Hall–Kier alpha value is 1.24. The van der Waals surface area contributed by atoms with Gasteiger partial charge in [0.2, 0.25) is 0 Å². The van der Waals surface area contributed by atoms with Gasteiger partial charge in [-0.2, -0.15) is 0 Å². The molecular formula is C10H26O6S3Si2. The van der Waals surface area contributed by atoms with Crippen molar-refractivity contribution in [1.82, 2.24) is 0 Å². The van der Waals surface area contributed by atoms with Crippen LogP contribution in [0.15, 0.2) is 0 Å². The summed E-state index contributed by atoms with van der Waals surface area (Å²) in [6, 6.07) is 0. The molecule has 0 amide bonds. The van der Waals surface area contributed by atoms with Crippen LogP contribution in [0.4, 0.5) is 0 Å². The Kier molecular flexibility index (Phi) is 11.6. The fourth-order valence-corrected chi connectivity index (χ4v) is 15.3. The van der Waals surface area contributed by atoms with Gasteiger partial charge in [-0.05, 0) is 23.7 Å². The summed E-state index contributed by atoms with van der Waals surface area (Å²) in [6.07, 6.45) is 0. The van der Waals surface area contributed by atoms with Gasteiger partial charge in [0.1, 0.15) is 0 Å². The molecule has 0 N–H and O–H groups in total. The molecule has 0 aliphatic carbocycles. The molecule has 128 valence electrons. The van der Waals surface area contributed by atoms with Gasteiger partial charge in [0, 0.05) is 42.7 Å². The average Bonchev–Trinajstić information content (AvgIpc) is 2.52. The second-order valence-corrected chi connectivity index (χ2v) is 16.1. The molecule has 0 aliphatic rings. The molecule has 0 heterocycles. The maximum absolute atomic E-state index is 5.47. The van der Waals surface area contributed by atoms with Crippen LogP contribution in [0.1, 0.15) is 13.8 Å². The van der Waals surface area contributed by atoms with Crippen molar-refractivity contribution in [3.63, 3.8) is 0 Å². The SMILES string of the molecule is CO[Si](OC)(OC)C(C)SSSC(C)[Si](OC)(OC)OC. The molecule has 6 nitrogen and oxygen atoms in total. The lowest BCUT2D eigenvalue weighted by atomic mass is 11.0. The van der Waals surface area contributed by atoms with Crippen LogP contribution < -0.4 is 0 Å². The molecule has 0 saturated carbocycles. The fraction of sp³-hybridized carbons (Fsp3) is 1.00. The summed E-state index contributed by atoms with van der Waals surface area (Å²) in [7, 11) is 9.44. The highest BCUT2D eigenvalue weighted by atomic mass is 33.5. The molecule has 0 spiro atoms. The number of hydrogen-bond acceptors (Lipinski definition) is 9. The van der Waals surface area contributed by atoms with E-state index in [4.69, 9.17) is 26.6 Å². The number of rotatable bonds is 12. The Morgan fingerprint density at radius 2 is 0.810 bits per heavy atom. The molecule has 0 aromatic heterocycles. The Balaban J connectivity index is 4.48. The minimum atomic E-state index is -2.62. The third-order valence-electron chi connectivity index (χ3n) is 3.07. The lowest BCUT2D eigenvalue weighted by Gasteiger charge is -2.31. The largest absolute Gasteiger partial charge is 0.514 e. The van der Waals surface area contributed by atoms with Gasteiger partial charge in [-0.1, -0.05) is 21.6 Å². The first kappa shape index (κ1) is 22.2. The molecule has 0 radical (unpaired) electrons. The Labute approximate surface area is 141 Å². The smallest absolute Gasteiger partial charge is 0.376 e. The molecule has 11 heteroatoms. The van der Waals surface area contributed by atoms with E-state index in [1.54, 1.807) is 74.1 Å². The first-order chi connectivity index (χ1) is 9.91. The molecule has 21 heavy (non-hydrogen) atoms. The fourth-order valence-electron chi connectivity index (χ4n) is 1.75. The van der Waals surface area contributed by atoms with Gasteiger partial charge in [-0.15, -0.1) is 0 Å². The van der Waals surface area contributed by atoms with E-state index >= 15 is 0 Å². The van der Waals surface area contributed by atoms with Gasteiger partial charge in [0.05, 0.1) is 9.75 Å². The molecule has 0 aromatic carbocycles. The topological polar surface area (TPSA) is 55.4 Å². The average molecular weight is 395 g/mol. The van der Waals surface area contributed by atoms with Crippen molar-refractivity contribution in [2.24, 2.45) is 0 Å². The normalized spacial score (nSPS) is 16.0. The summed E-state index contributed by atoms with van der Waals surface area (Å²) in [4.78, 5) is 0.205. The van der Waals surface area contributed by atoms with Crippen molar-refractivity contribution in [3.05, 3.63) is 0 Å². The molecular weight excluding hydrogens is 368 g/mol. The van der Waals surface area contributed by atoms with Gasteiger partial charge in [-0.3, -0.25) is 0 Å². The molecule has 2 unspecified atom stereocenters. The predicted octanol–water partition coefficient (Wildman–Crippen LogP) is 2.63. The highest BCUT2D eigenvalue weighted by Gasteiger charge is 2.47. The molecule has 2 atom stereocenters. The molecule has 0 rings (SSSR count). The maximum Gasteiger partial charge on any atom is 0.514 e. The van der Waals surface area contributed by atoms with E-state index in [0.717, 1.165) is 0 Å². The van der Waals surface area contributed by atoms with Crippen LogP contribution in [0.3, 0.4) is 0 Å². The Morgan fingerprint density at radius 3 is 1.00 bits per heavy atom. The van der Waals surface area contributed by atoms with E-state index in [1.807, 2.05) is 13.8 Å². The quantitative estimate of drug-likeness (QED) is 0.367. The summed E-state index contributed by atoms with van der Waals surface area (Å²) in [5.41, 5.74) is 0. The second-order valence-electron chi connectivity index (χ2n) is 3.98. The third kappa shape index (κ3) is 5.67. The van der Waals surface area contributed by atoms with Gasteiger partial charge in [0.25, 0.3) is 0 Å². The minimum absolute atomic E-state index is 0.103. The van der Waals surface area contributed by atoms with Crippen LogP contribution in [0, 0.1) is 0 Å². The Morgan fingerprint density at radius 1 is 0.571 bits per heavy atom. The van der Waals surface area contributed by atoms with Gasteiger partial charge in [0.15, 0.2) is 0 Å². The van der Waals surface area contributed by atoms with Crippen molar-refractivity contribution < 1.29 is 26.6 Å². The van der Waals surface area contributed by atoms with Gasteiger partial charge in [-0.25, -0.2) is 0 Å². The van der Waals surface area contributed by atoms with Crippen molar-refractivity contribution in [2.75, 3.05) is 42.7 Å². The number of hydrogen-bond donors (Lipinski definition) is 0. The van der Waals surface area contributed by atoms with E-state index in [1.165, 1.54) is 0 Å². The minimum Gasteiger partial charge on any atom is -0.376 e. The third-order valence-corrected chi connectivity index (χ3v) is 16.3. The Bertz CT molecular complexity index is 239. The van der Waals surface area contributed by atoms with Crippen LogP contribution in [0.5, 0.6) is 0 Å². The predicted molar refractivity (Wildman–Crippen MR) is 95.3 cm³/mol. The van der Waals surface area contributed by atoms with Crippen LogP contribution >= 0.6 is 31.4 Å². The summed E-state index contributed by atoms with van der Waals surface area (Å²) in [5.74, 6) is 0. The van der Waals surface area contributed by atoms with Crippen LogP contribution in [0.2, 0.25) is 0 Å². The van der Waals surface area contributed by atoms with Gasteiger partial charge < -0.3 is 26.6 Å². The zero-order valence-electron chi connectivity index (χ0n) is 13.8. The molecule has 0 aromatic rings. The standard InChI is InChI=1S/C10H26O6S3Si2/c1-9(20(11-3,12-4)13-5)17-19-18-10(2)21(14-6,15-7)16-8/h9-10H,1-8H3. The summed E-state index contributed by atoms with van der Waals surface area (Å²) in [5, 5.41) is 0. The van der Waals surface area contributed by atoms with Crippen LogP contribution in [-0.4, -0.2) is 70.0 Å². The lowest BCUT2D eigenvalue weighted by Crippen LogP contribution is -2.52. The van der Waals surface area contributed by atoms with Crippen LogP contribution in [0.25, 0.3) is 0 Å². The maximum atomic E-state index is 5.47. The van der Waals surface area contributed by atoms with E-state index < -0.39 is 17.6 Å². The van der Waals surface area contributed by atoms with E-state index in [-0.39, 0.29) is 9.75 Å². The van der Waals surface area contributed by atoms with E-state index in [2.05, 4.69) is 0 Å². The first-order valence-corrected chi connectivity index (χ1v) is 13.4. The highest BCUT2D eigenvalue weighted by Crippen LogP contribution is 2.45. The zero-order valence-corrected chi connectivity index (χ0v) is 18.3. The van der Waals surface area contributed by atoms with E-state index in [9.17, 15) is 0 Å². The summed E-state index contributed by atoms with van der Waals surface area (Å²) < 4.78 is 32.8. The summed E-state index contributed by atoms with van der Waals surface area (Å²) >= 11 is 0. The van der Waals surface area contributed by atoms with Crippen molar-refractivity contribution in [1.29, 1.82) is 0 Å². The van der Waals surface area contributed by atoms with Crippen molar-refractivity contribution >= 4 is 49.0 Å². The van der Waals surface area contributed by atoms with Crippen molar-refractivity contribution in [2.45, 2.75) is 23.6 Å². The lowest BCUT2D eigenvalue weighted by molar-refractivity contribution is 0.123. The first-order valence-electron chi connectivity index (χ1n) is 6.21. The van der Waals surface area contributed by atoms with Crippen molar-refractivity contribution in [3.8, 4) is 0 Å². The molecule has 0 bridgehead atoms. The molecule has 0 saturated heterocycles. The monoisotopic (exact) mass is 394 g/mol. The van der Waals surface area contributed by atoms with E-state index in [0.29, 0.717) is 0 Å². The molecule has 0 fully saturated rings. The van der Waals surface area contributed by atoms with Crippen LogP contribution in [-0.2, 0) is 26.6 Å². The summed E-state index contributed by atoms with van der Waals surface area (Å²) in [6.45, 7) is 4.08. The zero-order chi connectivity index (χ0) is 16.5. The molecule has 0 aliphatic heterocycles. The van der Waals surface area contributed by atoms with Gasteiger partial charge >= 0.3 is 17.6 Å². The second kappa shape index (κ2) is 10.9.